The van der Waals surface area contributed by atoms with Crippen molar-refractivity contribution in [2.24, 2.45) is 11.7 Å². The Hall–Kier alpha value is -1.95. The number of rotatable bonds is 5. The van der Waals surface area contributed by atoms with Crippen molar-refractivity contribution in [2.45, 2.75) is 20.3 Å². The van der Waals surface area contributed by atoms with Gasteiger partial charge in [-0.15, -0.1) is 0 Å². The van der Waals surface area contributed by atoms with Crippen LogP contribution in [0.5, 0.6) is 0 Å². The molecule has 0 aromatic heterocycles. The highest BCUT2D eigenvalue weighted by atomic mass is 16.6. The van der Waals surface area contributed by atoms with Crippen LogP contribution in [0.3, 0.4) is 0 Å². The largest absolute Gasteiger partial charge is 0.330 e. The lowest BCUT2D eigenvalue weighted by Gasteiger charge is -2.09. The van der Waals surface area contributed by atoms with Gasteiger partial charge in [0.2, 0.25) is 5.91 Å². The molecule has 18 heavy (non-hydrogen) atoms. The van der Waals surface area contributed by atoms with Crippen molar-refractivity contribution in [3.05, 3.63) is 33.9 Å². The smallest absolute Gasteiger partial charge is 0.272 e. The molecule has 0 aliphatic rings. The van der Waals surface area contributed by atoms with E-state index in [9.17, 15) is 14.9 Å². The number of nitrogens with two attached hydrogens (primary N) is 1. The predicted molar refractivity (Wildman–Crippen MR) is 69.3 cm³/mol. The number of amides is 1. The van der Waals surface area contributed by atoms with Crippen LogP contribution in [0.1, 0.15) is 18.9 Å². The van der Waals surface area contributed by atoms with Crippen LogP contribution in [0, 0.1) is 23.0 Å². The van der Waals surface area contributed by atoms with Crippen LogP contribution in [0.2, 0.25) is 0 Å². The molecule has 1 aromatic carbocycles. The van der Waals surface area contributed by atoms with E-state index < -0.39 is 4.92 Å². The molecule has 1 atom stereocenters. The van der Waals surface area contributed by atoms with Crippen LogP contribution in [-0.4, -0.2) is 17.4 Å². The highest BCUT2D eigenvalue weighted by molar-refractivity contribution is 5.91. The minimum absolute atomic E-state index is 0.0447. The molecule has 1 amide bonds. The number of nitrogens with zero attached hydrogens (tertiary/aromatic N) is 1. The van der Waals surface area contributed by atoms with Gasteiger partial charge in [-0.25, -0.2) is 0 Å². The summed E-state index contributed by atoms with van der Waals surface area (Å²) in [5, 5.41) is 13.3. The Morgan fingerprint density at radius 3 is 2.72 bits per heavy atom. The summed E-state index contributed by atoms with van der Waals surface area (Å²) < 4.78 is 0. The summed E-state index contributed by atoms with van der Waals surface area (Å²) in [5.41, 5.74) is 6.56. The number of nitro benzene ring substituents is 1. The van der Waals surface area contributed by atoms with E-state index in [4.69, 9.17) is 5.73 Å². The van der Waals surface area contributed by atoms with E-state index in [1.54, 1.807) is 13.0 Å². The number of carbonyl (C=O) groups is 1. The van der Waals surface area contributed by atoms with Crippen molar-refractivity contribution in [1.29, 1.82) is 0 Å². The molecule has 1 unspecified atom stereocenters. The Balaban J connectivity index is 2.72. The summed E-state index contributed by atoms with van der Waals surface area (Å²) in [6.07, 6.45) is 0.340. The van der Waals surface area contributed by atoms with Crippen molar-refractivity contribution in [2.75, 3.05) is 11.9 Å². The maximum Gasteiger partial charge on any atom is 0.272 e. The van der Waals surface area contributed by atoms with Gasteiger partial charge in [0.15, 0.2) is 0 Å². The minimum Gasteiger partial charge on any atom is -0.330 e. The number of nitro groups is 1. The van der Waals surface area contributed by atoms with Gasteiger partial charge in [0.05, 0.1) is 4.92 Å². The van der Waals surface area contributed by atoms with Crippen LogP contribution in [0.15, 0.2) is 18.2 Å². The van der Waals surface area contributed by atoms with Gasteiger partial charge in [0.1, 0.15) is 0 Å². The van der Waals surface area contributed by atoms with E-state index in [1.165, 1.54) is 12.1 Å². The van der Waals surface area contributed by atoms with E-state index in [0.29, 0.717) is 24.2 Å². The standard InChI is InChI=1S/C12H17N3O3/c1-8(7-13)5-12(16)14-10-3-4-11(15(17)18)9(2)6-10/h3-4,6,8H,5,7,13H2,1-2H3,(H,14,16). The van der Waals surface area contributed by atoms with Gasteiger partial charge in [-0.05, 0) is 31.5 Å². The van der Waals surface area contributed by atoms with E-state index in [2.05, 4.69) is 5.32 Å². The molecule has 3 N–H and O–H groups in total. The monoisotopic (exact) mass is 251 g/mol. The molecule has 0 saturated heterocycles. The average Bonchev–Trinajstić information content (AvgIpc) is 2.28. The lowest BCUT2D eigenvalue weighted by atomic mass is 10.1. The van der Waals surface area contributed by atoms with Crippen molar-refractivity contribution >= 4 is 17.3 Å². The SMILES string of the molecule is Cc1cc(NC(=O)CC(C)CN)ccc1[N+](=O)[O-]. The molecule has 0 saturated carbocycles. The molecule has 0 bridgehead atoms. The molecular weight excluding hydrogens is 234 g/mol. The Morgan fingerprint density at radius 1 is 1.56 bits per heavy atom. The fourth-order valence-corrected chi connectivity index (χ4v) is 1.55. The maximum atomic E-state index is 11.6. The van der Waals surface area contributed by atoms with Crippen LogP contribution >= 0.6 is 0 Å². The molecule has 0 heterocycles. The third-order valence-electron chi connectivity index (χ3n) is 2.61. The van der Waals surface area contributed by atoms with Crippen molar-refractivity contribution < 1.29 is 9.72 Å². The van der Waals surface area contributed by atoms with E-state index in [-0.39, 0.29) is 17.5 Å². The lowest BCUT2D eigenvalue weighted by molar-refractivity contribution is -0.385. The molecule has 0 radical (unpaired) electrons. The first kappa shape index (κ1) is 14.1. The summed E-state index contributed by atoms with van der Waals surface area (Å²) in [4.78, 5) is 21.8. The fraction of sp³-hybridized carbons (Fsp3) is 0.417. The molecule has 0 aliphatic carbocycles. The van der Waals surface area contributed by atoms with Crippen molar-refractivity contribution in [1.82, 2.24) is 0 Å². The van der Waals surface area contributed by atoms with Gasteiger partial charge in [-0.1, -0.05) is 6.92 Å². The van der Waals surface area contributed by atoms with Crippen molar-refractivity contribution in [3.8, 4) is 0 Å². The molecule has 6 nitrogen and oxygen atoms in total. The van der Waals surface area contributed by atoms with Gasteiger partial charge >= 0.3 is 0 Å². The van der Waals surface area contributed by atoms with Crippen LogP contribution in [-0.2, 0) is 4.79 Å². The number of hydrogen-bond donors (Lipinski definition) is 2. The fourth-order valence-electron chi connectivity index (χ4n) is 1.55. The molecule has 98 valence electrons. The van der Waals surface area contributed by atoms with Gasteiger partial charge in [0.25, 0.3) is 5.69 Å². The third-order valence-corrected chi connectivity index (χ3v) is 2.61. The van der Waals surface area contributed by atoms with Crippen LogP contribution < -0.4 is 11.1 Å². The Kier molecular flexibility index (Phi) is 4.79. The first-order valence-corrected chi connectivity index (χ1v) is 5.69. The molecule has 0 aliphatic heterocycles. The van der Waals surface area contributed by atoms with E-state index >= 15 is 0 Å². The number of nitrogens with one attached hydrogen (secondary N) is 1. The molecule has 0 fully saturated rings. The number of anilines is 1. The minimum atomic E-state index is -0.447. The third kappa shape index (κ3) is 3.81. The van der Waals surface area contributed by atoms with E-state index in [0.717, 1.165) is 0 Å². The maximum absolute atomic E-state index is 11.6. The predicted octanol–water partition coefficient (Wildman–Crippen LogP) is 1.83. The second-order valence-corrected chi connectivity index (χ2v) is 4.35. The quantitative estimate of drug-likeness (QED) is 0.616. The van der Waals surface area contributed by atoms with Crippen LogP contribution in [0.4, 0.5) is 11.4 Å². The van der Waals surface area contributed by atoms with Crippen molar-refractivity contribution in [3.63, 3.8) is 0 Å². The second-order valence-electron chi connectivity index (χ2n) is 4.35. The summed E-state index contributed by atoms with van der Waals surface area (Å²) >= 11 is 0. The number of carbonyl (C=O) groups excluding carboxylic acids is 1. The number of benzene rings is 1. The summed E-state index contributed by atoms with van der Waals surface area (Å²) in [7, 11) is 0. The normalized spacial score (nSPS) is 11.9. The summed E-state index contributed by atoms with van der Waals surface area (Å²) in [5.74, 6) is -0.0228. The molecule has 0 spiro atoms. The first-order chi connectivity index (χ1) is 8.43. The summed E-state index contributed by atoms with van der Waals surface area (Å²) in [6.45, 7) is 3.98. The first-order valence-electron chi connectivity index (χ1n) is 5.69. The number of hydrogen-bond acceptors (Lipinski definition) is 4. The van der Waals surface area contributed by atoms with Gasteiger partial charge in [-0.3, -0.25) is 14.9 Å². The molecular formula is C12H17N3O3. The molecule has 1 rings (SSSR count). The zero-order chi connectivity index (χ0) is 13.7. The Labute approximate surface area is 105 Å². The number of aryl methyl sites for hydroxylation is 1. The topological polar surface area (TPSA) is 98.3 Å². The molecule has 6 heteroatoms. The Morgan fingerprint density at radius 2 is 2.22 bits per heavy atom. The van der Waals surface area contributed by atoms with Crippen LogP contribution in [0.25, 0.3) is 0 Å². The molecule has 1 aromatic rings. The zero-order valence-electron chi connectivity index (χ0n) is 10.5. The average molecular weight is 251 g/mol. The van der Waals surface area contributed by atoms with E-state index in [1.807, 2.05) is 6.92 Å². The highest BCUT2D eigenvalue weighted by Gasteiger charge is 2.12. The summed E-state index contributed by atoms with van der Waals surface area (Å²) in [6, 6.07) is 4.50. The highest BCUT2D eigenvalue weighted by Crippen LogP contribution is 2.21. The Bertz CT molecular complexity index is 460. The van der Waals surface area contributed by atoms with Gasteiger partial charge in [0, 0.05) is 23.7 Å². The lowest BCUT2D eigenvalue weighted by Crippen LogP contribution is -2.20. The van der Waals surface area contributed by atoms with Gasteiger partial charge < -0.3 is 11.1 Å². The second kappa shape index (κ2) is 6.11. The zero-order valence-corrected chi connectivity index (χ0v) is 10.5. The van der Waals surface area contributed by atoms with Gasteiger partial charge in [-0.2, -0.15) is 0 Å².